The topological polar surface area (TPSA) is 80.7 Å². The number of aliphatic hydroxyl groups is 1. The van der Waals surface area contributed by atoms with Crippen molar-refractivity contribution in [2.45, 2.75) is 43.5 Å². The number of ether oxygens (including phenoxy) is 1. The molecule has 100 valence electrons. The number of carbonyl (C=O) groups is 1. The maximum Gasteiger partial charge on any atom is 0.311 e. The van der Waals surface area contributed by atoms with Gasteiger partial charge in [-0.25, -0.2) is 8.42 Å². The highest BCUT2D eigenvalue weighted by Crippen LogP contribution is 2.41. The van der Waals surface area contributed by atoms with Gasteiger partial charge in [-0.15, -0.1) is 0 Å². The molecular formula is C11H20O5S. The molecule has 0 aromatic carbocycles. The molecule has 0 spiro atoms. The lowest BCUT2D eigenvalue weighted by Gasteiger charge is -2.34. The molecule has 1 N–H and O–H groups in total. The normalized spacial score (nSPS) is 31.2. The van der Waals surface area contributed by atoms with Crippen LogP contribution in [0.15, 0.2) is 0 Å². The molecule has 0 heterocycles. The van der Waals surface area contributed by atoms with E-state index in [2.05, 4.69) is 4.74 Å². The minimum atomic E-state index is -3.36. The number of rotatable bonds is 4. The quantitative estimate of drug-likeness (QED) is 0.748. The number of hydrogen-bond acceptors (Lipinski definition) is 5. The first-order valence-electron chi connectivity index (χ1n) is 5.76. The first kappa shape index (κ1) is 14.4. The molecule has 6 heteroatoms. The van der Waals surface area contributed by atoms with E-state index in [0.717, 1.165) is 6.26 Å². The second kappa shape index (κ2) is 4.94. The van der Waals surface area contributed by atoms with Crippen LogP contribution in [0.1, 0.15) is 32.6 Å². The largest absolute Gasteiger partial charge is 0.469 e. The molecule has 0 aromatic rings. The van der Waals surface area contributed by atoms with Crippen molar-refractivity contribution in [3.05, 3.63) is 0 Å². The van der Waals surface area contributed by atoms with E-state index >= 15 is 0 Å². The van der Waals surface area contributed by atoms with E-state index in [9.17, 15) is 18.3 Å². The molecule has 1 aliphatic rings. The van der Waals surface area contributed by atoms with Crippen LogP contribution in [0.5, 0.6) is 0 Å². The predicted molar refractivity (Wildman–Crippen MR) is 63.2 cm³/mol. The molecule has 3 atom stereocenters. The van der Waals surface area contributed by atoms with E-state index < -0.39 is 32.6 Å². The highest BCUT2D eigenvalue weighted by Gasteiger charge is 2.53. The molecular weight excluding hydrogens is 244 g/mol. The number of sulfone groups is 1. The minimum Gasteiger partial charge on any atom is -0.469 e. The van der Waals surface area contributed by atoms with Gasteiger partial charge in [0.05, 0.1) is 23.9 Å². The average Bonchev–Trinajstić information content (AvgIpc) is 2.61. The van der Waals surface area contributed by atoms with E-state index in [1.54, 1.807) is 6.92 Å². The summed E-state index contributed by atoms with van der Waals surface area (Å²) in [7, 11) is -2.12. The van der Waals surface area contributed by atoms with Crippen LogP contribution < -0.4 is 0 Å². The Labute approximate surface area is 102 Å². The monoisotopic (exact) mass is 264 g/mol. The number of methoxy groups -OCH3 is 1. The Morgan fingerprint density at radius 3 is 2.59 bits per heavy atom. The summed E-state index contributed by atoms with van der Waals surface area (Å²) in [6.07, 6.45) is 2.83. The lowest BCUT2D eigenvalue weighted by molar-refractivity contribution is -0.155. The Kier molecular flexibility index (Phi) is 4.19. The van der Waals surface area contributed by atoms with Crippen molar-refractivity contribution in [1.29, 1.82) is 0 Å². The third kappa shape index (κ3) is 2.63. The Hall–Kier alpha value is -0.620. The molecule has 1 saturated carbocycles. The number of esters is 1. The van der Waals surface area contributed by atoms with Crippen molar-refractivity contribution < 1.29 is 23.1 Å². The Balaban J connectivity index is 3.10. The van der Waals surface area contributed by atoms with E-state index in [1.807, 2.05) is 0 Å². The number of hydrogen-bond donors (Lipinski definition) is 1. The van der Waals surface area contributed by atoms with Gasteiger partial charge in [-0.05, 0) is 25.7 Å². The first-order chi connectivity index (χ1) is 7.77. The van der Waals surface area contributed by atoms with Crippen LogP contribution in [0.2, 0.25) is 0 Å². The zero-order valence-electron chi connectivity index (χ0n) is 10.5. The summed E-state index contributed by atoms with van der Waals surface area (Å²) in [4.78, 5) is 11.6. The average molecular weight is 264 g/mol. The first-order valence-corrected chi connectivity index (χ1v) is 7.72. The van der Waals surface area contributed by atoms with Crippen LogP contribution in [0, 0.1) is 5.92 Å². The molecule has 0 radical (unpaired) electrons. The van der Waals surface area contributed by atoms with E-state index in [4.69, 9.17) is 0 Å². The van der Waals surface area contributed by atoms with Crippen molar-refractivity contribution in [2.24, 2.45) is 5.92 Å². The molecule has 3 unspecified atom stereocenters. The van der Waals surface area contributed by atoms with Crippen molar-refractivity contribution in [2.75, 3.05) is 13.4 Å². The van der Waals surface area contributed by atoms with Gasteiger partial charge in [0.15, 0.2) is 9.84 Å². The Morgan fingerprint density at radius 2 is 2.18 bits per heavy atom. The maximum absolute atomic E-state index is 11.7. The fourth-order valence-electron chi connectivity index (χ4n) is 2.83. The summed E-state index contributed by atoms with van der Waals surface area (Å²) in [5, 5.41) is 9.71. The molecule has 17 heavy (non-hydrogen) atoms. The van der Waals surface area contributed by atoms with Crippen LogP contribution in [0.25, 0.3) is 0 Å². The van der Waals surface area contributed by atoms with Gasteiger partial charge in [-0.3, -0.25) is 4.79 Å². The van der Waals surface area contributed by atoms with Gasteiger partial charge >= 0.3 is 5.97 Å². The standard InChI is InChI=1S/C11H20O5S/c1-4-8(10(12)16-2)11(13)7-5-6-9(11)17(3,14)15/h8-9,13H,4-7H2,1-3H3. The predicted octanol–water partition coefficient (Wildman–Crippen LogP) is 0.514. The van der Waals surface area contributed by atoms with Gasteiger partial charge in [0, 0.05) is 6.26 Å². The molecule has 1 rings (SSSR count). The van der Waals surface area contributed by atoms with E-state index in [1.165, 1.54) is 7.11 Å². The zero-order valence-corrected chi connectivity index (χ0v) is 11.3. The second-order valence-electron chi connectivity index (χ2n) is 4.69. The Morgan fingerprint density at radius 1 is 1.59 bits per heavy atom. The summed E-state index contributed by atoms with van der Waals surface area (Å²) in [6, 6.07) is 0. The summed E-state index contributed by atoms with van der Waals surface area (Å²) in [5.41, 5.74) is -1.48. The molecule has 0 amide bonds. The number of carbonyl (C=O) groups excluding carboxylic acids is 1. The lowest BCUT2D eigenvalue weighted by Crippen LogP contribution is -2.51. The van der Waals surface area contributed by atoms with Gasteiger partial charge in [0.2, 0.25) is 0 Å². The second-order valence-corrected chi connectivity index (χ2v) is 6.91. The highest BCUT2D eigenvalue weighted by molar-refractivity contribution is 7.91. The molecule has 5 nitrogen and oxygen atoms in total. The van der Waals surface area contributed by atoms with Crippen LogP contribution in [-0.4, -0.2) is 43.7 Å². The van der Waals surface area contributed by atoms with Crippen LogP contribution in [0.3, 0.4) is 0 Å². The molecule has 1 fully saturated rings. The maximum atomic E-state index is 11.7. The minimum absolute atomic E-state index is 0.332. The third-order valence-corrected chi connectivity index (χ3v) is 5.29. The van der Waals surface area contributed by atoms with Crippen molar-refractivity contribution >= 4 is 15.8 Å². The molecule has 0 aromatic heterocycles. The Bertz CT molecular complexity index is 389. The third-order valence-electron chi connectivity index (χ3n) is 3.62. The van der Waals surface area contributed by atoms with Crippen molar-refractivity contribution in [1.82, 2.24) is 0 Å². The van der Waals surface area contributed by atoms with E-state index in [0.29, 0.717) is 25.7 Å². The molecule has 1 aliphatic carbocycles. The van der Waals surface area contributed by atoms with Gasteiger partial charge in [0.1, 0.15) is 0 Å². The van der Waals surface area contributed by atoms with Gasteiger partial charge in [-0.1, -0.05) is 6.92 Å². The van der Waals surface area contributed by atoms with Crippen molar-refractivity contribution in [3.63, 3.8) is 0 Å². The highest BCUT2D eigenvalue weighted by atomic mass is 32.2. The summed E-state index contributed by atoms with van der Waals surface area (Å²) >= 11 is 0. The smallest absolute Gasteiger partial charge is 0.311 e. The zero-order chi connectivity index (χ0) is 13.3. The van der Waals surface area contributed by atoms with Gasteiger partial charge < -0.3 is 9.84 Å². The van der Waals surface area contributed by atoms with Gasteiger partial charge in [-0.2, -0.15) is 0 Å². The summed E-state index contributed by atoms with van der Waals surface area (Å²) < 4.78 is 28.0. The summed E-state index contributed by atoms with van der Waals surface area (Å²) in [6.45, 7) is 1.75. The van der Waals surface area contributed by atoms with Gasteiger partial charge in [0.25, 0.3) is 0 Å². The molecule has 0 aliphatic heterocycles. The molecule has 0 saturated heterocycles. The summed E-state index contributed by atoms with van der Waals surface area (Å²) in [5.74, 6) is -1.31. The van der Waals surface area contributed by atoms with Crippen LogP contribution in [0.4, 0.5) is 0 Å². The van der Waals surface area contributed by atoms with Crippen LogP contribution >= 0.6 is 0 Å². The van der Waals surface area contributed by atoms with E-state index in [-0.39, 0.29) is 0 Å². The van der Waals surface area contributed by atoms with Crippen molar-refractivity contribution in [3.8, 4) is 0 Å². The van der Waals surface area contributed by atoms with Crippen LogP contribution in [-0.2, 0) is 19.4 Å². The molecule has 0 bridgehead atoms. The fourth-order valence-corrected chi connectivity index (χ4v) is 4.45. The fraction of sp³-hybridized carbons (Fsp3) is 0.909. The SMILES string of the molecule is CCC(C(=O)OC)C1(O)CCCC1S(C)(=O)=O. The lowest BCUT2D eigenvalue weighted by atomic mass is 9.83.